The second kappa shape index (κ2) is 3.87. The number of aromatic nitrogens is 1. The molecule has 3 rings (SSSR count). The topological polar surface area (TPSA) is 38.9 Å². The van der Waals surface area contributed by atoms with E-state index in [1.165, 1.54) is 23.8 Å². The lowest BCUT2D eigenvalue weighted by Gasteiger charge is -2.13. The Morgan fingerprint density at radius 1 is 1.25 bits per heavy atom. The lowest BCUT2D eigenvalue weighted by Crippen LogP contribution is -2.11. The van der Waals surface area contributed by atoms with Gasteiger partial charge < -0.3 is 5.73 Å². The predicted molar refractivity (Wildman–Crippen MR) is 66.0 cm³/mol. The first-order valence-corrected chi connectivity index (χ1v) is 5.94. The zero-order chi connectivity index (χ0) is 11.0. The van der Waals surface area contributed by atoms with Gasteiger partial charge >= 0.3 is 0 Å². The molecule has 1 unspecified atom stereocenters. The molecule has 0 spiro atoms. The number of nitrogens with zero attached hydrogens (tertiary/aromatic N) is 1. The summed E-state index contributed by atoms with van der Waals surface area (Å²) in [6.45, 7) is 0. The predicted octanol–water partition coefficient (Wildman–Crippen LogP) is 3.03. The van der Waals surface area contributed by atoms with E-state index in [4.69, 9.17) is 5.73 Å². The average Bonchev–Trinajstić information content (AvgIpc) is 3.12. The Labute approximate surface area is 95.5 Å². The van der Waals surface area contributed by atoms with Crippen LogP contribution >= 0.6 is 0 Å². The summed E-state index contributed by atoms with van der Waals surface area (Å²) in [5, 5.41) is 1.21. The van der Waals surface area contributed by atoms with Crippen LogP contribution in [0.5, 0.6) is 0 Å². The summed E-state index contributed by atoms with van der Waals surface area (Å²) in [4.78, 5) is 4.36. The number of benzene rings is 1. The molecular formula is C14H16N2. The SMILES string of the molecule is NC(CC1CC1)c1ccnc2ccccc12. The van der Waals surface area contributed by atoms with Crippen molar-refractivity contribution < 1.29 is 0 Å². The molecule has 1 aliphatic carbocycles. The van der Waals surface area contributed by atoms with E-state index in [1.807, 2.05) is 18.3 Å². The smallest absolute Gasteiger partial charge is 0.0705 e. The minimum Gasteiger partial charge on any atom is -0.324 e. The maximum absolute atomic E-state index is 6.27. The number of hydrogen-bond acceptors (Lipinski definition) is 2. The first-order valence-electron chi connectivity index (χ1n) is 5.94. The maximum atomic E-state index is 6.27. The Morgan fingerprint density at radius 2 is 2.06 bits per heavy atom. The average molecular weight is 212 g/mol. The van der Waals surface area contributed by atoms with Gasteiger partial charge in [0.2, 0.25) is 0 Å². The van der Waals surface area contributed by atoms with Crippen molar-refractivity contribution in [2.45, 2.75) is 25.3 Å². The third-order valence-electron chi connectivity index (χ3n) is 3.37. The zero-order valence-electron chi connectivity index (χ0n) is 9.26. The van der Waals surface area contributed by atoms with Crippen molar-refractivity contribution in [3.8, 4) is 0 Å². The number of para-hydroxylation sites is 1. The molecule has 1 aromatic carbocycles. The second-order valence-electron chi connectivity index (χ2n) is 4.70. The molecular weight excluding hydrogens is 196 g/mol. The Balaban J connectivity index is 2.00. The third kappa shape index (κ3) is 1.81. The van der Waals surface area contributed by atoms with E-state index in [0.717, 1.165) is 17.9 Å². The molecule has 1 aliphatic rings. The molecule has 1 fully saturated rings. The Morgan fingerprint density at radius 3 is 2.88 bits per heavy atom. The van der Waals surface area contributed by atoms with E-state index in [9.17, 15) is 0 Å². The van der Waals surface area contributed by atoms with Crippen LogP contribution in [0.25, 0.3) is 10.9 Å². The fraction of sp³-hybridized carbons (Fsp3) is 0.357. The van der Waals surface area contributed by atoms with Gasteiger partial charge in [0.05, 0.1) is 5.52 Å². The monoisotopic (exact) mass is 212 g/mol. The number of nitrogens with two attached hydrogens (primary N) is 1. The molecule has 2 heteroatoms. The fourth-order valence-electron chi connectivity index (χ4n) is 2.28. The Bertz CT molecular complexity index is 498. The lowest BCUT2D eigenvalue weighted by molar-refractivity contribution is 0.600. The van der Waals surface area contributed by atoms with Crippen LogP contribution in [0.2, 0.25) is 0 Å². The summed E-state index contributed by atoms with van der Waals surface area (Å²) in [6, 6.07) is 10.5. The highest BCUT2D eigenvalue weighted by Gasteiger charge is 2.25. The maximum Gasteiger partial charge on any atom is 0.0705 e. The lowest BCUT2D eigenvalue weighted by atomic mass is 9.98. The molecule has 2 nitrogen and oxygen atoms in total. The molecule has 2 N–H and O–H groups in total. The van der Waals surface area contributed by atoms with E-state index in [-0.39, 0.29) is 6.04 Å². The largest absolute Gasteiger partial charge is 0.324 e. The van der Waals surface area contributed by atoms with Gasteiger partial charge in [-0.05, 0) is 30.0 Å². The number of pyridine rings is 1. The van der Waals surface area contributed by atoms with Gasteiger partial charge in [-0.15, -0.1) is 0 Å². The molecule has 82 valence electrons. The third-order valence-corrected chi connectivity index (χ3v) is 3.37. The summed E-state index contributed by atoms with van der Waals surface area (Å²) in [6.07, 6.45) is 5.70. The molecule has 2 aromatic rings. The van der Waals surface area contributed by atoms with Crippen molar-refractivity contribution in [2.75, 3.05) is 0 Å². The molecule has 0 radical (unpaired) electrons. The van der Waals surface area contributed by atoms with Crippen molar-refractivity contribution in [3.05, 3.63) is 42.1 Å². The highest BCUT2D eigenvalue weighted by atomic mass is 14.7. The summed E-state index contributed by atoms with van der Waals surface area (Å²) in [7, 11) is 0. The van der Waals surface area contributed by atoms with E-state index in [1.54, 1.807) is 0 Å². The second-order valence-corrected chi connectivity index (χ2v) is 4.70. The van der Waals surface area contributed by atoms with Gasteiger partial charge in [-0.1, -0.05) is 31.0 Å². The molecule has 1 atom stereocenters. The van der Waals surface area contributed by atoms with Crippen molar-refractivity contribution >= 4 is 10.9 Å². The molecule has 16 heavy (non-hydrogen) atoms. The standard InChI is InChI=1S/C14H16N2/c15-13(9-10-5-6-10)11-7-8-16-14-4-2-1-3-12(11)14/h1-4,7-8,10,13H,5-6,9,15H2. The first-order chi connectivity index (χ1) is 7.84. The van der Waals surface area contributed by atoms with Crippen LogP contribution in [-0.4, -0.2) is 4.98 Å². The van der Waals surface area contributed by atoms with Gasteiger partial charge in [0.25, 0.3) is 0 Å². The first kappa shape index (κ1) is 9.79. The van der Waals surface area contributed by atoms with E-state index < -0.39 is 0 Å². The van der Waals surface area contributed by atoms with Gasteiger partial charge in [-0.2, -0.15) is 0 Å². The normalized spacial score (nSPS) is 17.6. The summed E-state index contributed by atoms with van der Waals surface area (Å²) < 4.78 is 0. The van der Waals surface area contributed by atoms with E-state index in [2.05, 4.69) is 23.2 Å². The minimum atomic E-state index is 0.167. The van der Waals surface area contributed by atoms with Gasteiger partial charge in [0.15, 0.2) is 0 Å². The molecule has 0 saturated heterocycles. The van der Waals surface area contributed by atoms with Crippen LogP contribution in [-0.2, 0) is 0 Å². The molecule has 1 saturated carbocycles. The summed E-state index contributed by atoms with van der Waals surface area (Å²) in [5.41, 5.74) is 8.57. The van der Waals surface area contributed by atoms with Crippen LogP contribution in [0.1, 0.15) is 30.9 Å². The molecule has 0 amide bonds. The van der Waals surface area contributed by atoms with Crippen LogP contribution in [0.15, 0.2) is 36.5 Å². The van der Waals surface area contributed by atoms with Crippen LogP contribution in [0.4, 0.5) is 0 Å². The Kier molecular flexibility index (Phi) is 2.37. The zero-order valence-corrected chi connectivity index (χ0v) is 9.26. The van der Waals surface area contributed by atoms with E-state index >= 15 is 0 Å². The van der Waals surface area contributed by atoms with E-state index in [0.29, 0.717) is 0 Å². The van der Waals surface area contributed by atoms with Crippen LogP contribution < -0.4 is 5.73 Å². The quantitative estimate of drug-likeness (QED) is 0.849. The van der Waals surface area contributed by atoms with Crippen molar-refractivity contribution in [2.24, 2.45) is 11.7 Å². The highest BCUT2D eigenvalue weighted by Crippen LogP contribution is 2.37. The van der Waals surface area contributed by atoms with Gasteiger partial charge in [-0.25, -0.2) is 0 Å². The molecule has 1 aromatic heterocycles. The van der Waals surface area contributed by atoms with Crippen molar-refractivity contribution in [1.82, 2.24) is 4.98 Å². The number of fused-ring (bicyclic) bond motifs is 1. The van der Waals surface area contributed by atoms with Crippen LogP contribution in [0.3, 0.4) is 0 Å². The minimum absolute atomic E-state index is 0.167. The van der Waals surface area contributed by atoms with Gasteiger partial charge in [0.1, 0.15) is 0 Å². The fourth-order valence-corrected chi connectivity index (χ4v) is 2.28. The molecule has 1 heterocycles. The summed E-state index contributed by atoms with van der Waals surface area (Å²) >= 11 is 0. The molecule has 0 bridgehead atoms. The van der Waals surface area contributed by atoms with Crippen molar-refractivity contribution in [1.29, 1.82) is 0 Å². The number of rotatable bonds is 3. The molecule has 0 aliphatic heterocycles. The number of hydrogen-bond donors (Lipinski definition) is 1. The van der Waals surface area contributed by atoms with Gasteiger partial charge in [-0.3, -0.25) is 4.98 Å². The van der Waals surface area contributed by atoms with Gasteiger partial charge in [0, 0.05) is 17.6 Å². The summed E-state index contributed by atoms with van der Waals surface area (Å²) in [5.74, 6) is 0.863. The van der Waals surface area contributed by atoms with Crippen molar-refractivity contribution in [3.63, 3.8) is 0 Å². The Hall–Kier alpha value is -1.41. The highest BCUT2D eigenvalue weighted by molar-refractivity contribution is 5.82. The van der Waals surface area contributed by atoms with Crippen LogP contribution in [0, 0.1) is 5.92 Å².